The van der Waals surface area contributed by atoms with E-state index >= 15 is 0 Å². The maximum Gasteiger partial charge on any atom is 0.0552 e. The van der Waals surface area contributed by atoms with Gasteiger partial charge in [0.1, 0.15) is 0 Å². The molecule has 0 atom stereocenters. The molecule has 1 aromatic rings. The van der Waals surface area contributed by atoms with E-state index in [4.69, 9.17) is 0 Å². The molecule has 1 saturated heterocycles. The average molecular weight is 191 g/mol. The van der Waals surface area contributed by atoms with E-state index in [0.29, 0.717) is 0 Å². The standard InChI is InChI=1S/C12H17NO/c1-2-13-8-12(9-13,10-14)11-6-4-3-5-7-11/h3-7,14H,2,8-10H2,1H3. The topological polar surface area (TPSA) is 23.5 Å². The van der Waals surface area contributed by atoms with Crippen LogP contribution in [-0.4, -0.2) is 36.2 Å². The normalized spacial score (nSPS) is 20.4. The fourth-order valence-corrected chi connectivity index (χ4v) is 2.20. The van der Waals surface area contributed by atoms with Crippen molar-refractivity contribution in [3.8, 4) is 0 Å². The lowest BCUT2D eigenvalue weighted by atomic mass is 9.74. The molecule has 2 heteroatoms. The Labute approximate surface area is 85.2 Å². The second-order valence-electron chi connectivity index (χ2n) is 4.11. The SMILES string of the molecule is CCN1CC(CO)(c2ccccc2)C1. The molecule has 0 amide bonds. The van der Waals surface area contributed by atoms with E-state index in [9.17, 15) is 5.11 Å². The third-order valence-corrected chi connectivity index (χ3v) is 3.19. The van der Waals surface area contributed by atoms with Crippen molar-refractivity contribution < 1.29 is 5.11 Å². The molecule has 0 bridgehead atoms. The highest BCUT2D eigenvalue weighted by molar-refractivity contribution is 5.29. The van der Waals surface area contributed by atoms with Crippen LogP contribution in [0.15, 0.2) is 30.3 Å². The number of likely N-dealkylation sites (tertiary alicyclic amines) is 1. The summed E-state index contributed by atoms with van der Waals surface area (Å²) in [4.78, 5) is 2.35. The largest absolute Gasteiger partial charge is 0.395 e. The van der Waals surface area contributed by atoms with Gasteiger partial charge in [-0.2, -0.15) is 0 Å². The monoisotopic (exact) mass is 191 g/mol. The van der Waals surface area contributed by atoms with Crippen LogP contribution >= 0.6 is 0 Å². The van der Waals surface area contributed by atoms with Crippen LogP contribution in [0.25, 0.3) is 0 Å². The molecule has 0 aromatic heterocycles. The van der Waals surface area contributed by atoms with E-state index in [2.05, 4.69) is 24.0 Å². The Morgan fingerprint density at radius 1 is 1.29 bits per heavy atom. The molecule has 2 nitrogen and oxygen atoms in total. The van der Waals surface area contributed by atoms with Crippen LogP contribution in [-0.2, 0) is 5.41 Å². The fraction of sp³-hybridized carbons (Fsp3) is 0.500. The van der Waals surface area contributed by atoms with Gasteiger partial charge in [0.2, 0.25) is 0 Å². The molecule has 0 aliphatic carbocycles. The summed E-state index contributed by atoms with van der Waals surface area (Å²) in [6.07, 6.45) is 0. The van der Waals surface area contributed by atoms with Gasteiger partial charge in [-0.05, 0) is 12.1 Å². The number of likely N-dealkylation sites (N-methyl/N-ethyl adjacent to an activating group) is 1. The van der Waals surface area contributed by atoms with Crippen LogP contribution in [0.1, 0.15) is 12.5 Å². The first-order chi connectivity index (χ1) is 6.80. The van der Waals surface area contributed by atoms with E-state index in [0.717, 1.165) is 19.6 Å². The van der Waals surface area contributed by atoms with Crippen LogP contribution in [0.5, 0.6) is 0 Å². The zero-order chi connectivity index (χ0) is 10.0. The maximum atomic E-state index is 9.48. The van der Waals surface area contributed by atoms with E-state index < -0.39 is 0 Å². The zero-order valence-corrected chi connectivity index (χ0v) is 8.61. The van der Waals surface area contributed by atoms with Crippen molar-refractivity contribution in [3.63, 3.8) is 0 Å². The smallest absolute Gasteiger partial charge is 0.0552 e. The first-order valence-corrected chi connectivity index (χ1v) is 5.19. The van der Waals surface area contributed by atoms with Gasteiger partial charge in [0.05, 0.1) is 6.61 Å². The number of benzene rings is 1. The fourth-order valence-electron chi connectivity index (χ4n) is 2.20. The van der Waals surface area contributed by atoms with Gasteiger partial charge in [-0.3, -0.25) is 0 Å². The molecular formula is C12H17NO. The summed E-state index contributed by atoms with van der Waals surface area (Å²) in [5, 5.41) is 9.48. The Kier molecular flexibility index (Phi) is 2.57. The first-order valence-electron chi connectivity index (χ1n) is 5.19. The molecule has 14 heavy (non-hydrogen) atoms. The van der Waals surface area contributed by atoms with E-state index in [1.54, 1.807) is 0 Å². The Bertz CT molecular complexity index is 290. The summed E-state index contributed by atoms with van der Waals surface area (Å²) in [6, 6.07) is 10.3. The molecule has 1 aliphatic rings. The Hall–Kier alpha value is -0.860. The maximum absolute atomic E-state index is 9.48. The van der Waals surface area contributed by atoms with Gasteiger partial charge in [-0.15, -0.1) is 0 Å². The molecule has 0 spiro atoms. The molecule has 1 aromatic carbocycles. The van der Waals surface area contributed by atoms with Crippen molar-refractivity contribution >= 4 is 0 Å². The van der Waals surface area contributed by atoms with Crippen molar-refractivity contribution in [3.05, 3.63) is 35.9 Å². The zero-order valence-electron chi connectivity index (χ0n) is 8.61. The minimum Gasteiger partial charge on any atom is -0.395 e. The predicted molar refractivity (Wildman–Crippen MR) is 57.3 cm³/mol. The number of aliphatic hydroxyl groups is 1. The Morgan fingerprint density at radius 2 is 1.93 bits per heavy atom. The molecule has 0 radical (unpaired) electrons. The van der Waals surface area contributed by atoms with Crippen molar-refractivity contribution in [1.82, 2.24) is 4.90 Å². The first kappa shape index (κ1) is 9.69. The van der Waals surface area contributed by atoms with Crippen molar-refractivity contribution in [2.24, 2.45) is 0 Å². The van der Waals surface area contributed by atoms with Gasteiger partial charge < -0.3 is 10.0 Å². The van der Waals surface area contributed by atoms with Crippen molar-refractivity contribution in [2.45, 2.75) is 12.3 Å². The summed E-state index contributed by atoms with van der Waals surface area (Å²) >= 11 is 0. The van der Waals surface area contributed by atoms with E-state index in [-0.39, 0.29) is 12.0 Å². The van der Waals surface area contributed by atoms with Gasteiger partial charge >= 0.3 is 0 Å². The quantitative estimate of drug-likeness (QED) is 0.777. The second-order valence-corrected chi connectivity index (χ2v) is 4.11. The molecule has 0 unspecified atom stereocenters. The van der Waals surface area contributed by atoms with Gasteiger partial charge in [0, 0.05) is 18.5 Å². The van der Waals surface area contributed by atoms with Crippen LogP contribution in [0, 0.1) is 0 Å². The Morgan fingerprint density at radius 3 is 2.43 bits per heavy atom. The third kappa shape index (κ3) is 1.45. The number of nitrogens with zero attached hydrogens (tertiary/aromatic N) is 1. The highest BCUT2D eigenvalue weighted by Gasteiger charge is 2.42. The highest BCUT2D eigenvalue weighted by atomic mass is 16.3. The molecular weight excluding hydrogens is 174 g/mol. The number of hydrogen-bond acceptors (Lipinski definition) is 2. The van der Waals surface area contributed by atoms with E-state index in [1.807, 2.05) is 18.2 Å². The minimum atomic E-state index is 0.0112. The molecule has 1 aliphatic heterocycles. The van der Waals surface area contributed by atoms with Crippen LogP contribution in [0.3, 0.4) is 0 Å². The lowest BCUT2D eigenvalue weighted by Gasteiger charge is -2.49. The number of rotatable bonds is 3. The van der Waals surface area contributed by atoms with E-state index in [1.165, 1.54) is 5.56 Å². The lowest BCUT2D eigenvalue weighted by molar-refractivity contribution is 0.0236. The lowest BCUT2D eigenvalue weighted by Crippen LogP contribution is -2.61. The summed E-state index contributed by atoms with van der Waals surface area (Å²) in [7, 11) is 0. The van der Waals surface area contributed by atoms with Crippen LogP contribution in [0.4, 0.5) is 0 Å². The predicted octanol–water partition coefficient (Wildman–Crippen LogP) is 1.25. The van der Waals surface area contributed by atoms with Crippen LogP contribution in [0.2, 0.25) is 0 Å². The molecule has 2 rings (SSSR count). The summed E-state index contributed by atoms with van der Waals surface area (Å²) < 4.78 is 0. The van der Waals surface area contributed by atoms with Crippen LogP contribution < -0.4 is 0 Å². The van der Waals surface area contributed by atoms with Crippen molar-refractivity contribution in [2.75, 3.05) is 26.2 Å². The molecule has 1 N–H and O–H groups in total. The summed E-state index contributed by atoms with van der Waals surface area (Å²) in [5.74, 6) is 0. The summed E-state index contributed by atoms with van der Waals surface area (Å²) in [6.45, 7) is 5.47. The average Bonchev–Trinajstić information content (AvgIpc) is 2.19. The highest BCUT2D eigenvalue weighted by Crippen LogP contribution is 2.33. The van der Waals surface area contributed by atoms with Gasteiger partial charge in [0.25, 0.3) is 0 Å². The van der Waals surface area contributed by atoms with Gasteiger partial charge in [-0.1, -0.05) is 37.3 Å². The molecule has 1 fully saturated rings. The third-order valence-electron chi connectivity index (χ3n) is 3.19. The number of aliphatic hydroxyl groups excluding tert-OH is 1. The molecule has 76 valence electrons. The molecule has 1 heterocycles. The second kappa shape index (κ2) is 3.71. The molecule has 0 saturated carbocycles. The van der Waals surface area contributed by atoms with Gasteiger partial charge in [0.15, 0.2) is 0 Å². The summed E-state index contributed by atoms with van der Waals surface area (Å²) in [5.41, 5.74) is 1.28. The van der Waals surface area contributed by atoms with Crippen molar-refractivity contribution in [1.29, 1.82) is 0 Å². The number of hydrogen-bond donors (Lipinski definition) is 1. The van der Waals surface area contributed by atoms with Gasteiger partial charge in [-0.25, -0.2) is 0 Å². The Balaban J connectivity index is 2.16. The minimum absolute atomic E-state index is 0.0112.